The molecule has 86 valence electrons. The van der Waals surface area contributed by atoms with E-state index in [1.165, 1.54) is 0 Å². The Morgan fingerprint density at radius 2 is 2.25 bits per heavy atom. The summed E-state index contributed by atoms with van der Waals surface area (Å²) in [5, 5.41) is 8.28. The zero-order chi connectivity index (χ0) is 11.5. The van der Waals surface area contributed by atoms with E-state index in [9.17, 15) is 0 Å². The first kappa shape index (κ1) is 10.8. The van der Waals surface area contributed by atoms with Crippen molar-refractivity contribution >= 4 is 0 Å². The van der Waals surface area contributed by atoms with Gasteiger partial charge in [0.05, 0.1) is 6.20 Å². The summed E-state index contributed by atoms with van der Waals surface area (Å²) in [7, 11) is 1.87. The van der Waals surface area contributed by atoms with E-state index in [0.29, 0.717) is 6.54 Å². The zero-order valence-electron chi connectivity index (χ0n) is 9.54. The Morgan fingerprint density at radius 3 is 2.88 bits per heavy atom. The SMILES string of the molecule is CC(N)Cc1cnn(Cc2ncnn2C)c1. The number of rotatable bonds is 4. The monoisotopic (exact) mass is 220 g/mol. The molecule has 0 bridgehead atoms. The Hall–Kier alpha value is -1.69. The second kappa shape index (κ2) is 4.44. The predicted molar refractivity (Wildman–Crippen MR) is 59.7 cm³/mol. The largest absolute Gasteiger partial charge is 0.328 e. The number of aromatic nitrogens is 5. The van der Waals surface area contributed by atoms with Crippen molar-refractivity contribution in [2.45, 2.75) is 25.9 Å². The van der Waals surface area contributed by atoms with E-state index in [1.807, 2.05) is 31.0 Å². The van der Waals surface area contributed by atoms with Crippen LogP contribution in [-0.2, 0) is 20.0 Å². The van der Waals surface area contributed by atoms with Crippen LogP contribution in [0.25, 0.3) is 0 Å². The quantitative estimate of drug-likeness (QED) is 0.784. The van der Waals surface area contributed by atoms with E-state index in [1.54, 1.807) is 11.0 Å². The molecular weight excluding hydrogens is 204 g/mol. The number of aryl methyl sites for hydroxylation is 1. The standard InChI is InChI=1S/C10H16N6/c1-8(11)3-9-4-13-16(5-9)6-10-12-7-14-15(10)2/h4-5,7-8H,3,6,11H2,1-2H3. The van der Waals surface area contributed by atoms with Crippen LogP contribution >= 0.6 is 0 Å². The minimum atomic E-state index is 0.160. The zero-order valence-corrected chi connectivity index (χ0v) is 9.54. The molecule has 0 aliphatic carbocycles. The highest BCUT2D eigenvalue weighted by molar-refractivity contribution is 5.06. The Bertz CT molecular complexity index is 455. The topological polar surface area (TPSA) is 74.6 Å². The summed E-state index contributed by atoms with van der Waals surface area (Å²) < 4.78 is 3.59. The molecule has 0 saturated carbocycles. The highest BCUT2D eigenvalue weighted by atomic mass is 15.3. The Morgan fingerprint density at radius 1 is 1.44 bits per heavy atom. The fourth-order valence-corrected chi connectivity index (χ4v) is 1.58. The van der Waals surface area contributed by atoms with Gasteiger partial charge in [0.25, 0.3) is 0 Å². The Kier molecular flexibility index (Phi) is 3.00. The molecule has 0 radical (unpaired) electrons. The fourth-order valence-electron chi connectivity index (χ4n) is 1.58. The molecule has 1 atom stereocenters. The maximum atomic E-state index is 5.73. The van der Waals surface area contributed by atoms with Crippen molar-refractivity contribution in [2.24, 2.45) is 12.8 Å². The van der Waals surface area contributed by atoms with E-state index in [4.69, 9.17) is 5.73 Å². The van der Waals surface area contributed by atoms with Crippen molar-refractivity contribution in [3.05, 3.63) is 30.1 Å². The molecule has 2 aromatic heterocycles. The van der Waals surface area contributed by atoms with Crippen molar-refractivity contribution in [1.29, 1.82) is 0 Å². The van der Waals surface area contributed by atoms with E-state index in [-0.39, 0.29) is 6.04 Å². The van der Waals surface area contributed by atoms with Gasteiger partial charge in [0.15, 0.2) is 0 Å². The number of hydrogen-bond acceptors (Lipinski definition) is 4. The summed E-state index contributed by atoms with van der Waals surface area (Å²) in [6.07, 6.45) is 6.23. The number of nitrogens with two attached hydrogens (primary N) is 1. The molecule has 6 nitrogen and oxygen atoms in total. The van der Waals surface area contributed by atoms with Crippen LogP contribution in [0.4, 0.5) is 0 Å². The third kappa shape index (κ3) is 2.46. The van der Waals surface area contributed by atoms with E-state index in [0.717, 1.165) is 17.8 Å². The van der Waals surface area contributed by atoms with Crippen LogP contribution in [0, 0.1) is 0 Å². The van der Waals surface area contributed by atoms with Crippen LogP contribution in [-0.4, -0.2) is 30.6 Å². The fraction of sp³-hybridized carbons (Fsp3) is 0.500. The van der Waals surface area contributed by atoms with Crippen molar-refractivity contribution in [1.82, 2.24) is 24.5 Å². The number of nitrogens with zero attached hydrogens (tertiary/aromatic N) is 5. The molecule has 2 N–H and O–H groups in total. The second-order valence-electron chi connectivity index (χ2n) is 4.03. The van der Waals surface area contributed by atoms with Gasteiger partial charge < -0.3 is 5.73 Å². The first-order valence-corrected chi connectivity index (χ1v) is 5.25. The average molecular weight is 220 g/mol. The van der Waals surface area contributed by atoms with Gasteiger partial charge in [-0.15, -0.1) is 0 Å². The van der Waals surface area contributed by atoms with Gasteiger partial charge in [-0.2, -0.15) is 10.2 Å². The lowest BCUT2D eigenvalue weighted by Gasteiger charge is -2.01. The molecule has 6 heteroatoms. The summed E-state index contributed by atoms with van der Waals surface area (Å²) in [5.41, 5.74) is 6.88. The van der Waals surface area contributed by atoms with Gasteiger partial charge >= 0.3 is 0 Å². The first-order chi connectivity index (χ1) is 7.65. The van der Waals surface area contributed by atoms with Crippen LogP contribution in [0.5, 0.6) is 0 Å². The molecule has 0 saturated heterocycles. The minimum Gasteiger partial charge on any atom is -0.328 e. The molecule has 0 aliphatic rings. The van der Waals surface area contributed by atoms with Gasteiger partial charge in [-0.25, -0.2) is 4.98 Å². The smallest absolute Gasteiger partial charge is 0.148 e. The summed E-state index contributed by atoms with van der Waals surface area (Å²) in [6, 6.07) is 0.160. The van der Waals surface area contributed by atoms with E-state index >= 15 is 0 Å². The van der Waals surface area contributed by atoms with Gasteiger partial charge in [-0.05, 0) is 18.9 Å². The second-order valence-corrected chi connectivity index (χ2v) is 4.03. The van der Waals surface area contributed by atoms with Crippen LogP contribution < -0.4 is 5.73 Å². The molecule has 0 aliphatic heterocycles. The third-order valence-corrected chi connectivity index (χ3v) is 2.35. The normalized spacial score (nSPS) is 12.9. The van der Waals surface area contributed by atoms with Gasteiger partial charge in [-0.3, -0.25) is 9.36 Å². The highest BCUT2D eigenvalue weighted by Gasteiger charge is 2.05. The van der Waals surface area contributed by atoms with Crippen LogP contribution in [0.15, 0.2) is 18.7 Å². The maximum absolute atomic E-state index is 5.73. The molecular formula is C10H16N6. The maximum Gasteiger partial charge on any atom is 0.148 e. The third-order valence-electron chi connectivity index (χ3n) is 2.35. The van der Waals surface area contributed by atoms with Gasteiger partial charge in [0.1, 0.15) is 18.7 Å². The highest BCUT2D eigenvalue weighted by Crippen LogP contribution is 2.03. The molecule has 0 spiro atoms. The lowest BCUT2D eigenvalue weighted by Crippen LogP contribution is -2.17. The first-order valence-electron chi connectivity index (χ1n) is 5.25. The molecule has 0 amide bonds. The van der Waals surface area contributed by atoms with Crippen molar-refractivity contribution in [2.75, 3.05) is 0 Å². The summed E-state index contributed by atoms with van der Waals surface area (Å²) in [4.78, 5) is 4.15. The van der Waals surface area contributed by atoms with Crippen molar-refractivity contribution in [3.8, 4) is 0 Å². The summed E-state index contributed by atoms with van der Waals surface area (Å²) in [5.74, 6) is 0.885. The van der Waals surface area contributed by atoms with Crippen molar-refractivity contribution < 1.29 is 0 Å². The summed E-state index contributed by atoms with van der Waals surface area (Å²) in [6.45, 7) is 2.62. The summed E-state index contributed by atoms with van der Waals surface area (Å²) >= 11 is 0. The average Bonchev–Trinajstić information content (AvgIpc) is 2.77. The van der Waals surface area contributed by atoms with E-state index < -0.39 is 0 Å². The molecule has 0 fully saturated rings. The van der Waals surface area contributed by atoms with Crippen LogP contribution in [0.1, 0.15) is 18.3 Å². The Labute approximate surface area is 94.1 Å². The lowest BCUT2D eigenvalue weighted by molar-refractivity contribution is 0.607. The molecule has 2 aromatic rings. The molecule has 2 heterocycles. The molecule has 16 heavy (non-hydrogen) atoms. The van der Waals surface area contributed by atoms with Gasteiger partial charge in [0.2, 0.25) is 0 Å². The van der Waals surface area contributed by atoms with Crippen molar-refractivity contribution in [3.63, 3.8) is 0 Å². The number of hydrogen-bond donors (Lipinski definition) is 1. The Balaban J connectivity index is 2.05. The lowest BCUT2D eigenvalue weighted by atomic mass is 10.1. The van der Waals surface area contributed by atoms with Crippen LogP contribution in [0.2, 0.25) is 0 Å². The molecule has 2 rings (SSSR count). The van der Waals surface area contributed by atoms with Crippen LogP contribution in [0.3, 0.4) is 0 Å². The minimum absolute atomic E-state index is 0.160. The molecule has 0 aromatic carbocycles. The van der Waals surface area contributed by atoms with E-state index in [2.05, 4.69) is 15.2 Å². The molecule has 1 unspecified atom stereocenters. The van der Waals surface area contributed by atoms with Gasteiger partial charge in [0, 0.05) is 19.3 Å². The van der Waals surface area contributed by atoms with Gasteiger partial charge in [-0.1, -0.05) is 0 Å². The predicted octanol–water partition coefficient (Wildman–Crippen LogP) is -0.0504.